The van der Waals surface area contributed by atoms with Crippen molar-refractivity contribution < 1.29 is 14.6 Å². The molecule has 0 amide bonds. The van der Waals surface area contributed by atoms with Crippen molar-refractivity contribution in [2.45, 2.75) is 52.7 Å². The maximum atomic E-state index is 10.3. The number of ether oxygens (including phenoxy) is 2. The third kappa shape index (κ3) is 6.36. The molecule has 0 aliphatic carbocycles. The molecule has 4 nitrogen and oxygen atoms in total. The Morgan fingerprint density at radius 3 is 2.29 bits per heavy atom. The molecule has 0 heterocycles. The summed E-state index contributed by atoms with van der Waals surface area (Å²) in [5.74, 6) is 1.42. The fraction of sp³-hybridized carbons (Fsp3) is 0.647. The summed E-state index contributed by atoms with van der Waals surface area (Å²) in [6.07, 6.45) is 0.159. The van der Waals surface area contributed by atoms with Gasteiger partial charge < -0.3 is 19.9 Å². The molecule has 1 atom stereocenters. The lowest BCUT2D eigenvalue weighted by Crippen LogP contribution is -2.36. The Morgan fingerprint density at radius 1 is 1.10 bits per heavy atom. The van der Waals surface area contributed by atoms with Crippen LogP contribution in [0.15, 0.2) is 18.2 Å². The first kappa shape index (κ1) is 17.8. The third-order valence-electron chi connectivity index (χ3n) is 3.03. The van der Waals surface area contributed by atoms with Gasteiger partial charge in [-0.05, 0) is 65.3 Å². The van der Waals surface area contributed by atoms with E-state index in [4.69, 9.17) is 9.47 Å². The molecule has 0 fully saturated rings. The highest BCUT2D eigenvalue weighted by Gasteiger charge is 2.14. The first-order valence-electron chi connectivity index (χ1n) is 7.70. The molecule has 0 radical (unpaired) electrons. The van der Waals surface area contributed by atoms with Crippen LogP contribution in [0, 0.1) is 0 Å². The Hall–Kier alpha value is -1.26. The van der Waals surface area contributed by atoms with Crippen LogP contribution in [0.25, 0.3) is 0 Å². The molecule has 0 saturated heterocycles. The molecule has 0 saturated carbocycles. The summed E-state index contributed by atoms with van der Waals surface area (Å²) in [7, 11) is 0. The second-order valence-electron chi connectivity index (χ2n) is 6.05. The molecule has 1 aromatic rings. The predicted molar refractivity (Wildman–Crippen MR) is 86.1 cm³/mol. The molecule has 4 heteroatoms. The fourth-order valence-corrected chi connectivity index (χ4v) is 2.03. The lowest BCUT2D eigenvalue weighted by molar-refractivity contribution is 0.162. The van der Waals surface area contributed by atoms with E-state index in [1.54, 1.807) is 0 Å². The van der Waals surface area contributed by atoms with E-state index in [0.29, 0.717) is 25.4 Å². The minimum atomic E-state index is -0.505. The number of hydrogen-bond donors (Lipinski definition) is 2. The third-order valence-corrected chi connectivity index (χ3v) is 3.03. The molecule has 0 aliphatic heterocycles. The monoisotopic (exact) mass is 295 g/mol. The van der Waals surface area contributed by atoms with Crippen molar-refractivity contribution in [3.8, 4) is 11.5 Å². The summed E-state index contributed by atoms with van der Waals surface area (Å²) >= 11 is 0. The fourth-order valence-electron chi connectivity index (χ4n) is 2.03. The number of benzene rings is 1. The number of nitrogens with one attached hydrogen (secondary N) is 1. The molecule has 0 aliphatic rings. The SMILES string of the molecule is CCOc1ccc(C(O)CCNC(C)(C)C)cc1OCC. The largest absolute Gasteiger partial charge is 0.490 e. The van der Waals surface area contributed by atoms with Crippen molar-refractivity contribution in [3.63, 3.8) is 0 Å². The van der Waals surface area contributed by atoms with Gasteiger partial charge in [0.15, 0.2) is 11.5 Å². The van der Waals surface area contributed by atoms with Crippen LogP contribution in [0.4, 0.5) is 0 Å². The van der Waals surface area contributed by atoms with Crippen molar-refractivity contribution in [1.29, 1.82) is 0 Å². The average Bonchev–Trinajstić information content (AvgIpc) is 2.39. The summed E-state index contributed by atoms with van der Waals surface area (Å²) in [5.41, 5.74) is 0.923. The van der Waals surface area contributed by atoms with Gasteiger partial charge in [-0.1, -0.05) is 6.07 Å². The van der Waals surface area contributed by atoms with Crippen molar-refractivity contribution in [3.05, 3.63) is 23.8 Å². The van der Waals surface area contributed by atoms with E-state index in [9.17, 15) is 5.11 Å². The molecule has 1 rings (SSSR count). The van der Waals surface area contributed by atoms with Gasteiger partial charge in [-0.2, -0.15) is 0 Å². The van der Waals surface area contributed by atoms with Crippen LogP contribution in [0.5, 0.6) is 11.5 Å². The molecule has 0 spiro atoms. The lowest BCUT2D eigenvalue weighted by atomic mass is 10.0. The van der Waals surface area contributed by atoms with Crippen molar-refractivity contribution in [1.82, 2.24) is 5.32 Å². The van der Waals surface area contributed by atoms with Gasteiger partial charge in [0.25, 0.3) is 0 Å². The first-order chi connectivity index (χ1) is 9.87. The number of rotatable bonds is 8. The van der Waals surface area contributed by atoms with E-state index < -0.39 is 6.10 Å². The highest BCUT2D eigenvalue weighted by atomic mass is 16.5. The molecule has 1 unspecified atom stereocenters. The molecule has 2 N–H and O–H groups in total. The topological polar surface area (TPSA) is 50.7 Å². The van der Waals surface area contributed by atoms with Gasteiger partial charge in [-0.25, -0.2) is 0 Å². The lowest BCUT2D eigenvalue weighted by Gasteiger charge is -2.22. The van der Waals surface area contributed by atoms with Gasteiger partial charge in [-0.3, -0.25) is 0 Å². The van der Waals surface area contributed by atoms with Crippen molar-refractivity contribution in [2.75, 3.05) is 19.8 Å². The van der Waals surface area contributed by atoms with E-state index in [1.165, 1.54) is 0 Å². The Balaban J connectivity index is 2.71. The smallest absolute Gasteiger partial charge is 0.161 e. The van der Waals surface area contributed by atoms with Crippen molar-refractivity contribution >= 4 is 0 Å². The summed E-state index contributed by atoms with van der Waals surface area (Å²) in [6, 6.07) is 5.63. The van der Waals surface area contributed by atoms with E-state index in [1.807, 2.05) is 32.0 Å². The first-order valence-corrected chi connectivity index (χ1v) is 7.70. The van der Waals surface area contributed by atoms with Crippen molar-refractivity contribution in [2.24, 2.45) is 0 Å². The normalized spacial score (nSPS) is 13.0. The van der Waals surface area contributed by atoms with E-state index >= 15 is 0 Å². The maximum absolute atomic E-state index is 10.3. The van der Waals surface area contributed by atoms with Gasteiger partial charge in [0.05, 0.1) is 19.3 Å². The molecule has 0 aromatic heterocycles. The van der Waals surface area contributed by atoms with Crippen LogP contribution in [0.1, 0.15) is 52.7 Å². The van der Waals surface area contributed by atoms with Gasteiger partial charge in [0.2, 0.25) is 0 Å². The van der Waals surface area contributed by atoms with Crippen LogP contribution >= 0.6 is 0 Å². The zero-order valence-electron chi connectivity index (χ0n) is 13.9. The number of hydrogen-bond acceptors (Lipinski definition) is 4. The second kappa shape index (κ2) is 8.25. The van der Waals surface area contributed by atoms with E-state index in [0.717, 1.165) is 17.9 Å². The van der Waals surface area contributed by atoms with Gasteiger partial charge >= 0.3 is 0 Å². The zero-order valence-corrected chi connectivity index (χ0v) is 13.9. The Kier molecular flexibility index (Phi) is 6.99. The average molecular weight is 295 g/mol. The minimum absolute atomic E-state index is 0.0645. The maximum Gasteiger partial charge on any atom is 0.161 e. The second-order valence-corrected chi connectivity index (χ2v) is 6.05. The summed E-state index contributed by atoms with van der Waals surface area (Å²) in [6.45, 7) is 12.2. The molecule has 0 bridgehead atoms. The summed E-state index contributed by atoms with van der Waals surface area (Å²) in [5, 5.41) is 13.7. The zero-order chi connectivity index (χ0) is 15.9. The quantitative estimate of drug-likeness (QED) is 0.772. The summed E-state index contributed by atoms with van der Waals surface area (Å²) < 4.78 is 11.1. The Bertz CT molecular complexity index is 427. The van der Waals surface area contributed by atoms with Crippen LogP contribution in [0.3, 0.4) is 0 Å². The number of aliphatic hydroxyl groups is 1. The molecule has 1 aromatic carbocycles. The Labute approximate surface area is 128 Å². The highest BCUT2D eigenvalue weighted by molar-refractivity contribution is 5.43. The molecule has 120 valence electrons. The molecular weight excluding hydrogens is 266 g/mol. The van der Waals surface area contributed by atoms with Crippen LogP contribution < -0.4 is 14.8 Å². The highest BCUT2D eigenvalue weighted by Crippen LogP contribution is 2.31. The van der Waals surface area contributed by atoms with Gasteiger partial charge in [0, 0.05) is 5.54 Å². The molecule has 21 heavy (non-hydrogen) atoms. The van der Waals surface area contributed by atoms with E-state index in [-0.39, 0.29) is 5.54 Å². The van der Waals surface area contributed by atoms with Gasteiger partial charge in [-0.15, -0.1) is 0 Å². The summed E-state index contributed by atoms with van der Waals surface area (Å²) in [4.78, 5) is 0. The van der Waals surface area contributed by atoms with E-state index in [2.05, 4.69) is 26.1 Å². The standard InChI is InChI=1S/C17H29NO3/c1-6-20-15-9-8-13(12-16(15)21-7-2)14(19)10-11-18-17(3,4)5/h8-9,12,14,18-19H,6-7,10-11H2,1-5H3. The Morgan fingerprint density at radius 2 is 1.71 bits per heavy atom. The predicted octanol–water partition coefficient (Wildman–Crippen LogP) is 3.30. The van der Waals surface area contributed by atoms with Gasteiger partial charge in [0.1, 0.15) is 0 Å². The number of aliphatic hydroxyl groups excluding tert-OH is 1. The minimum Gasteiger partial charge on any atom is -0.490 e. The van der Waals surface area contributed by atoms with Crippen LogP contribution in [-0.2, 0) is 0 Å². The molecular formula is C17H29NO3. The van der Waals surface area contributed by atoms with Crippen LogP contribution in [-0.4, -0.2) is 30.4 Å². The van der Waals surface area contributed by atoms with Crippen LogP contribution in [0.2, 0.25) is 0 Å².